The summed E-state index contributed by atoms with van der Waals surface area (Å²) in [4.78, 5) is 10.9. The van der Waals surface area contributed by atoms with Crippen molar-refractivity contribution in [3.63, 3.8) is 0 Å². The van der Waals surface area contributed by atoms with E-state index in [1.165, 1.54) is 0 Å². The Kier molecular flexibility index (Phi) is 1.95. The van der Waals surface area contributed by atoms with E-state index in [2.05, 4.69) is 27.9 Å². The van der Waals surface area contributed by atoms with Crippen molar-refractivity contribution in [1.29, 1.82) is 0 Å². The van der Waals surface area contributed by atoms with Crippen LogP contribution in [-0.4, -0.2) is 22.2 Å². The second-order valence-corrected chi connectivity index (χ2v) is 4.71. The number of hydrogen-bond donors (Lipinski definition) is 1. The molecule has 0 aromatic carbocycles. The first-order chi connectivity index (χ1) is 5.25. The monoisotopic (exact) mass is 267 g/mol. The van der Waals surface area contributed by atoms with Gasteiger partial charge in [0.1, 0.15) is 6.10 Å². The lowest BCUT2D eigenvalue weighted by molar-refractivity contribution is 0.0424. The molecule has 1 heterocycles. The largest absolute Gasteiger partial charge is 0.445 e. The molecule has 0 spiro atoms. The lowest BCUT2D eigenvalue weighted by atomic mass is 9.92. The maximum atomic E-state index is 10.9. The Labute approximate surface area is 79.0 Å². The Morgan fingerprint density at radius 1 is 1.55 bits per heavy atom. The molecule has 4 heteroatoms. The summed E-state index contributed by atoms with van der Waals surface area (Å²) in [5, 5.41) is 2.80. The molecular weight excluding hydrogens is 257 g/mol. The van der Waals surface area contributed by atoms with Crippen LogP contribution in [0.3, 0.4) is 0 Å². The number of halogens is 1. The summed E-state index contributed by atoms with van der Waals surface area (Å²) in [6.07, 6.45) is 3.21. The Morgan fingerprint density at radius 3 is 3.18 bits per heavy atom. The second-order valence-electron chi connectivity index (χ2n) is 3.11. The zero-order chi connectivity index (χ0) is 7.84. The Balaban J connectivity index is 2.08. The minimum atomic E-state index is -0.229. The number of rotatable bonds is 0. The zero-order valence-corrected chi connectivity index (χ0v) is 8.21. The minimum Gasteiger partial charge on any atom is -0.445 e. The van der Waals surface area contributed by atoms with Gasteiger partial charge >= 0.3 is 6.09 Å². The predicted molar refractivity (Wildman–Crippen MR) is 48.9 cm³/mol. The van der Waals surface area contributed by atoms with Gasteiger partial charge in [0, 0.05) is 16.4 Å². The normalized spacial score (nSPS) is 42.6. The van der Waals surface area contributed by atoms with E-state index in [0.717, 1.165) is 19.3 Å². The molecule has 1 amide bonds. The minimum absolute atomic E-state index is 0.170. The number of nitrogens with one attached hydrogen (secondary N) is 1. The predicted octanol–water partition coefficient (Wildman–Crippen LogP) is 1.45. The third-order valence-corrected chi connectivity index (χ3v) is 3.72. The molecule has 2 rings (SSSR count). The summed E-state index contributed by atoms with van der Waals surface area (Å²) >= 11 is 2.37. The Morgan fingerprint density at radius 2 is 2.36 bits per heavy atom. The molecular formula is C7H10INO2. The van der Waals surface area contributed by atoms with Crippen molar-refractivity contribution in [1.82, 2.24) is 5.32 Å². The van der Waals surface area contributed by atoms with Gasteiger partial charge in [-0.05, 0) is 12.8 Å². The molecule has 1 aliphatic heterocycles. The number of amides is 1. The van der Waals surface area contributed by atoms with Crippen LogP contribution < -0.4 is 5.32 Å². The fourth-order valence-electron chi connectivity index (χ4n) is 1.68. The second kappa shape index (κ2) is 2.80. The molecule has 3 atom stereocenters. The summed E-state index contributed by atoms with van der Waals surface area (Å²) in [6, 6.07) is 0.382. The topological polar surface area (TPSA) is 38.3 Å². The summed E-state index contributed by atoms with van der Waals surface area (Å²) < 4.78 is 5.63. The Bertz CT molecular complexity index is 185. The highest BCUT2D eigenvalue weighted by molar-refractivity contribution is 14.1. The molecule has 0 aromatic rings. The van der Waals surface area contributed by atoms with E-state index in [1.807, 2.05) is 0 Å². The lowest BCUT2D eigenvalue weighted by Gasteiger charge is -2.37. The summed E-state index contributed by atoms with van der Waals surface area (Å²) in [7, 11) is 0. The van der Waals surface area contributed by atoms with Crippen molar-refractivity contribution in [3.05, 3.63) is 0 Å². The Hall–Kier alpha value is -0.0000000000000000555. The molecule has 62 valence electrons. The SMILES string of the molecule is O=C1N[C@@H]2CC[C@@H](I)[C@@H](C2)O1. The summed E-state index contributed by atoms with van der Waals surface area (Å²) in [5.41, 5.74) is 0. The molecule has 1 saturated carbocycles. The molecule has 1 N–H and O–H groups in total. The van der Waals surface area contributed by atoms with Gasteiger partial charge in [-0.1, -0.05) is 22.6 Å². The van der Waals surface area contributed by atoms with Crippen LogP contribution in [0.1, 0.15) is 19.3 Å². The van der Waals surface area contributed by atoms with Crippen LogP contribution in [0.15, 0.2) is 0 Å². The van der Waals surface area contributed by atoms with E-state index < -0.39 is 0 Å². The van der Waals surface area contributed by atoms with Gasteiger partial charge in [0.25, 0.3) is 0 Å². The zero-order valence-electron chi connectivity index (χ0n) is 6.05. The fourth-order valence-corrected chi connectivity index (χ4v) is 2.48. The van der Waals surface area contributed by atoms with Crippen LogP contribution in [0.5, 0.6) is 0 Å². The van der Waals surface area contributed by atoms with Crippen LogP contribution in [-0.2, 0) is 4.74 Å². The quantitative estimate of drug-likeness (QED) is 0.533. The number of alkyl carbamates (subject to hydrolysis) is 1. The van der Waals surface area contributed by atoms with Gasteiger partial charge in [0.05, 0.1) is 0 Å². The van der Waals surface area contributed by atoms with E-state index in [1.54, 1.807) is 0 Å². The third kappa shape index (κ3) is 1.45. The number of ether oxygens (including phenoxy) is 1. The summed E-state index contributed by atoms with van der Waals surface area (Å²) in [6.45, 7) is 0. The molecule has 2 bridgehead atoms. The fraction of sp³-hybridized carbons (Fsp3) is 0.857. The van der Waals surface area contributed by atoms with Gasteiger partial charge in [-0.15, -0.1) is 0 Å². The average Bonchev–Trinajstić information content (AvgIpc) is 1.97. The molecule has 0 radical (unpaired) electrons. The van der Waals surface area contributed by atoms with Crippen LogP contribution >= 0.6 is 22.6 Å². The van der Waals surface area contributed by atoms with Gasteiger partial charge in [-0.3, -0.25) is 0 Å². The smallest absolute Gasteiger partial charge is 0.407 e. The molecule has 3 nitrogen and oxygen atoms in total. The van der Waals surface area contributed by atoms with Crippen molar-refractivity contribution in [2.24, 2.45) is 0 Å². The number of carbonyl (C=O) groups is 1. The van der Waals surface area contributed by atoms with Crippen LogP contribution in [0.4, 0.5) is 4.79 Å². The first kappa shape index (κ1) is 7.64. The van der Waals surface area contributed by atoms with E-state index in [0.29, 0.717) is 9.97 Å². The molecule has 2 aliphatic rings. The van der Waals surface area contributed by atoms with Gasteiger partial charge in [0.15, 0.2) is 0 Å². The van der Waals surface area contributed by atoms with Gasteiger partial charge in [0.2, 0.25) is 0 Å². The summed E-state index contributed by atoms with van der Waals surface area (Å²) in [5.74, 6) is 0. The van der Waals surface area contributed by atoms with Crippen LogP contribution in [0, 0.1) is 0 Å². The molecule has 1 aliphatic carbocycles. The van der Waals surface area contributed by atoms with E-state index >= 15 is 0 Å². The van der Waals surface area contributed by atoms with E-state index in [-0.39, 0.29) is 12.2 Å². The van der Waals surface area contributed by atoms with Gasteiger partial charge in [-0.2, -0.15) is 0 Å². The molecule has 1 saturated heterocycles. The highest BCUT2D eigenvalue weighted by Gasteiger charge is 2.36. The van der Waals surface area contributed by atoms with E-state index in [4.69, 9.17) is 4.74 Å². The van der Waals surface area contributed by atoms with Crippen molar-refractivity contribution in [2.45, 2.75) is 35.3 Å². The standard InChI is InChI=1S/C7H10INO2/c8-5-2-1-4-3-6(5)11-7(10)9-4/h4-6H,1-3H2,(H,9,10)/t4-,5-,6-/m1/s1. The van der Waals surface area contributed by atoms with Crippen LogP contribution in [0.25, 0.3) is 0 Å². The molecule has 11 heavy (non-hydrogen) atoms. The van der Waals surface area contributed by atoms with Crippen molar-refractivity contribution in [2.75, 3.05) is 0 Å². The molecule has 0 aromatic heterocycles. The third-order valence-electron chi connectivity index (χ3n) is 2.29. The number of hydrogen-bond acceptors (Lipinski definition) is 2. The highest BCUT2D eigenvalue weighted by atomic mass is 127. The number of alkyl halides is 1. The van der Waals surface area contributed by atoms with Crippen LogP contribution in [0.2, 0.25) is 0 Å². The molecule has 0 unspecified atom stereocenters. The maximum absolute atomic E-state index is 10.9. The molecule has 2 fully saturated rings. The number of fused-ring (bicyclic) bond motifs is 2. The van der Waals surface area contributed by atoms with Crippen molar-refractivity contribution < 1.29 is 9.53 Å². The maximum Gasteiger partial charge on any atom is 0.407 e. The van der Waals surface area contributed by atoms with Gasteiger partial charge in [-0.25, -0.2) is 4.79 Å². The van der Waals surface area contributed by atoms with Crippen molar-refractivity contribution >= 4 is 28.7 Å². The van der Waals surface area contributed by atoms with Gasteiger partial charge < -0.3 is 10.1 Å². The average molecular weight is 267 g/mol. The first-order valence-electron chi connectivity index (χ1n) is 3.87. The first-order valence-corrected chi connectivity index (χ1v) is 5.11. The van der Waals surface area contributed by atoms with E-state index in [9.17, 15) is 4.79 Å². The van der Waals surface area contributed by atoms with Crippen molar-refractivity contribution in [3.8, 4) is 0 Å². The highest BCUT2D eigenvalue weighted by Crippen LogP contribution is 2.30. The lowest BCUT2D eigenvalue weighted by Crippen LogP contribution is -2.51. The number of carbonyl (C=O) groups excluding carboxylic acids is 1.